The number of amides is 1. The lowest BCUT2D eigenvalue weighted by atomic mass is 10.2. The summed E-state index contributed by atoms with van der Waals surface area (Å²) < 4.78 is 5.11. The molecule has 0 aliphatic rings. The van der Waals surface area contributed by atoms with Gasteiger partial charge in [0.15, 0.2) is 0 Å². The third kappa shape index (κ3) is 6.30. The minimum atomic E-state index is -0.436. The molecular formula is C19H18N2O3. The molecule has 0 atom stereocenters. The van der Waals surface area contributed by atoms with Crippen molar-refractivity contribution in [2.45, 2.75) is 13.0 Å². The first kappa shape index (κ1) is 17.2. The van der Waals surface area contributed by atoms with E-state index in [4.69, 9.17) is 4.74 Å². The Hall–Kier alpha value is -3.17. The average Bonchev–Trinajstić information content (AvgIpc) is 2.61. The summed E-state index contributed by atoms with van der Waals surface area (Å²) in [5.41, 5.74) is 2.44. The highest BCUT2D eigenvalue weighted by atomic mass is 16.5. The molecule has 0 radical (unpaired) electrons. The lowest BCUT2D eigenvalue weighted by molar-refractivity contribution is 0.140. The van der Waals surface area contributed by atoms with Crippen molar-refractivity contribution in [2.75, 3.05) is 6.54 Å². The molecule has 0 bridgehead atoms. The highest BCUT2D eigenvalue weighted by Crippen LogP contribution is 2.14. The highest BCUT2D eigenvalue weighted by molar-refractivity contribution is 5.67. The number of carbonyl (C=O) groups excluding carboxylic acids is 2. The van der Waals surface area contributed by atoms with Gasteiger partial charge in [0, 0.05) is 6.54 Å². The van der Waals surface area contributed by atoms with Crippen molar-refractivity contribution in [1.29, 1.82) is 0 Å². The molecule has 122 valence electrons. The van der Waals surface area contributed by atoms with Crippen LogP contribution in [0.3, 0.4) is 0 Å². The molecule has 0 saturated heterocycles. The molecule has 1 amide bonds. The van der Waals surface area contributed by atoms with Gasteiger partial charge in [0.2, 0.25) is 6.08 Å². The molecule has 1 N–H and O–H groups in total. The van der Waals surface area contributed by atoms with Crippen LogP contribution in [0.1, 0.15) is 17.5 Å². The summed E-state index contributed by atoms with van der Waals surface area (Å²) in [5, 5.41) is 2.69. The number of nitrogens with zero attached hydrogens (tertiary/aromatic N) is 1. The van der Waals surface area contributed by atoms with Gasteiger partial charge in [-0.25, -0.2) is 9.59 Å². The predicted molar refractivity (Wildman–Crippen MR) is 92.5 cm³/mol. The molecule has 2 aromatic carbocycles. The molecule has 5 nitrogen and oxygen atoms in total. The number of isocyanates is 1. The third-order valence-corrected chi connectivity index (χ3v) is 3.15. The van der Waals surface area contributed by atoms with Gasteiger partial charge in [0.05, 0.1) is 5.69 Å². The van der Waals surface area contributed by atoms with E-state index in [-0.39, 0.29) is 6.61 Å². The Morgan fingerprint density at radius 3 is 2.79 bits per heavy atom. The van der Waals surface area contributed by atoms with Gasteiger partial charge < -0.3 is 10.1 Å². The molecule has 0 fully saturated rings. The minimum Gasteiger partial charge on any atom is -0.445 e. The van der Waals surface area contributed by atoms with Crippen molar-refractivity contribution < 1.29 is 14.3 Å². The number of nitrogens with one attached hydrogen (secondary N) is 1. The second kappa shape index (κ2) is 9.77. The maximum Gasteiger partial charge on any atom is 0.407 e. The fourth-order valence-electron chi connectivity index (χ4n) is 2.00. The molecule has 5 heteroatoms. The largest absolute Gasteiger partial charge is 0.445 e. The zero-order valence-electron chi connectivity index (χ0n) is 13.1. The third-order valence-electron chi connectivity index (χ3n) is 3.15. The van der Waals surface area contributed by atoms with E-state index in [9.17, 15) is 9.59 Å². The van der Waals surface area contributed by atoms with E-state index in [2.05, 4.69) is 10.3 Å². The Kier molecular flexibility index (Phi) is 7.00. The van der Waals surface area contributed by atoms with E-state index in [1.165, 1.54) is 6.08 Å². The number of aliphatic imine (C=N–C) groups is 1. The number of hydrogen-bond acceptors (Lipinski definition) is 4. The molecule has 0 spiro atoms. The van der Waals surface area contributed by atoms with Crippen LogP contribution in [0, 0.1) is 0 Å². The molecule has 2 rings (SSSR count). The second-order valence-electron chi connectivity index (χ2n) is 4.98. The average molecular weight is 322 g/mol. The molecule has 0 aliphatic heterocycles. The second-order valence-corrected chi connectivity index (χ2v) is 4.98. The van der Waals surface area contributed by atoms with Gasteiger partial charge in [-0.2, -0.15) is 4.99 Å². The van der Waals surface area contributed by atoms with E-state index in [1.807, 2.05) is 54.6 Å². The van der Waals surface area contributed by atoms with Gasteiger partial charge in [-0.05, 0) is 29.7 Å². The highest BCUT2D eigenvalue weighted by Gasteiger charge is 2.00. The summed E-state index contributed by atoms with van der Waals surface area (Å²) >= 11 is 0. The smallest absolute Gasteiger partial charge is 0.407 e. The van der Waals surface area contributed by atoms with E-state index in [1.54, 1.807) is 12.1 Å². The van der Waals surface area contributed by atoms with Crippen LogP contribution in [-0.2, 0) is 16.1 Å². The molecule has 0 unspecified atom stereocenters. The van der Waals surface area contributed by atoms with Crippen LogP contribution < -0.4 is 5.32 Å². The summed E-state index contributed by atoms with van der Waals surface area (Å²) in [6.45, 7) is 0.739. The van der Waals surface area contributed by atoms with Crippen LogP contribution >= 0.6 is 0 Å². The SMILES string of the molecule is O=C=Nc1cccc(C=CCCNC(=O)OCc2ccccc2)c1. The fraction of sp³-hybridized carbons (Fsp3) is 0.158. The van der Waals surface area contributed by atoms with E-state index >= 15 is 0 Å². The summed E-state index contributed by atoms with van der Waals surface area (Å²) in [4.78, 5) is 25.4. The Labute approximate surface area is 140 Å². The van der Waals surface area contributed by atoms with Crippen molar-refractivity contribution in [2.24, 2.45) is 4.99 Å². The number of benzene rings is 2. The fourth-order valence-corrected chi connectivity index (χ4v) is 2.00. The minimum absolute atomic E-state index is 0.257. The summed E-state index contributed by atoms with van der Waals surface area (Å²) in [6.07, 6.45) is 5.58. The number of hydrogen-bond donors (Lipinski definition) is 1. The predicted octanol–water partition coefficient (Wildman–Crippen LogP) is 3.98. The quantitative estimate of drug-likeness (QED) is 0.476. The van der Waals surface area contributed by atoms with Gasteiger partial charge in [-0.15, -0.1) is 0 Å². The first-order valence-electron chi connectivity index (χ1n) is 7.57. The topological polar surface area (TPSA) is 67.8 Å². The molecular weight excluding hydrogens is 304 g/mol. The zero-order valence-corrected chi connectivity index (χ0v) is 13.1. The Morgan fingerprint density at radius 1 is 1.17 bits per heavy atom. The van der Waals surface area contributed by atoms with Crippen LogP contribution in [0.15, 0.2) is 65.7 Å². The molecule has 0 aromatic heterocycles. The standard InChI is InChI=1S/C19H18N2O3/c22-15-21-18-11-6-10-16(13-18)7-4-5-12-20-19(23)24-14-17-8-2-1-3-9-17/h1-4,6-11,13H,5,12,14H2,(H,20,23). The zero-order chi connectivity index (χ0) is 17.0. The summed E-state index contributed by atoms with van der Waals surface area (Å²) in [7, 11) is 0. The van der Waals surface area contributed by atoms with Crippen molar-refractivity contribution in [1.82, 2.24) is 5.32 Å². The Bertz CT molecular complexity index is 735. The van der Waals surface area contributed by atoms with Crippen molar-refractivity contribution in [3.63, 3.8) is 0 Å². The maximum absolute atomic E-state index is 11.6. The van der Waals surface area contributed by atoms with Crippen LogP contribution in [0.2, 0.25) is 0 Å². The Balaban J connectivity index is 1.67. The number of rotatable bonds is 7. The van der Waals surface area contributed by atoms with Crippen LogP contribution in [0.4, 0.5) is 10.5 Å². The van der Waals surface area contributed by atoms with E-state index in [0.29, 0.717) is 18.7 Å². The molecule has 24 heavy (non-hydrogen) atoms. The van der Waals surface area contributed by atoms with Crippen molar-refractivity contribution in [3.8, 4) is 0 Å². The first-order chi connectivity index (χ1) is 11.8. The lowest BCUT2D eigenvalue weighted by Crippen LogP contribution is -2.24. The van der Waals surface area contributed by atoms with Gasteiger partial charge >= 0.3 is 6.09 Å². The van der Waals surface area contributed by atoms with Crippen molar-refractivity contribution >= 4 is 23.9 Å². The van der Waals surface area contributed by atoms with Gasteiger partial charge in [0.25, 0.3) is 0 Å². The molecule has 0 heterocycles. The Morgan fingerprint density at radius 2 is 2.00 bits per heavy atom. The van der Waals surface area contributed by atoms with Gasteiger partial charge in [-0.3, -0.25) is 0 Å². The van der Waals surface area contributed by atoms with Crippen molar-refractivity contribution in [3.05, 3.63) is 71.8 Å². The van der Waals surface area contributed by atoms with E-state index < -0.39 is 6.09 Å². The van der Waals surface area contributed by atoms with Crippen LogP contribution in [0.25, 0.3) is 6.08 Å². The van der Waals surface area contributed by atoms with E-state index in [0.717, 1.165) is 11.1 Å². The van der Waals surface area contributed by atoms with Gasteiger partial charge in [0.1, 0.15) is 6.61 Å². The maximum atomic E-state index is 11.6. The van der Waals surface area contributed by atoms with Crippen LogP contribution in [-0.4, -0.2) is 18.7 Å². The summed E-state index contributed by atoms with van der Waals surface area (Å²) in [5.74, 6) is 0. The number of alkyl carbamates (subject to hydrolysis) is 1. The molecule has 2 aromatic rings. The normalized spacial score (nSPS) is 10.2. The molecule has 0 saturated carbocycles. The number of carbonyl (C=O) groups is 1. The molecule has 0 aliphatic carbocycles. The lowest BCUT2D eigenvalue weighted by Gasteiger charge is -2.05. The summed E-state index contributed by atoms with van der Waals surface area (Å²) in [6, 6.07) is 16.7. The monoisotopic (exact) mass is 322 g/mol. The first-order valence-corrected chi connectivity index (χ1v) is 7.57. The number of ether oxygens (including phenoxy) is 1. The van der Waals surface area contributed by atoms with Gasteiger partial charge in [-0.1, -0.05) is 54.6 Å². The van der Waals surface area contributed by atoms with Crippen LogP contribution in [0.5, 0.6) is 0 Å².